The molecular formula is C17H21FN4O3. The lowest BCUT2D eigenvalue weighted by molar-refractivity contribution is 0.177. The Morgan fingerprint density at radius 3 is 2.56 bits per heavy atom. The number of hydrogen-bond acceptors (Lipinski definition) is 6. The third-order valence-corrected chi connectivity index (χ3v) is 4.14. The Kier molecular flexibility index (Phi) is 5.18. The highest BCUT2D eigenvalue weighted by molar-refractivity contribution is 5.59. The molecule has 1 saturated heterocycles. The van der Waals surface area contributed by atoms with Crippen LogP contribution in [0.2, 0.25) is 0 Å². The van der Waals surface area contributed by atoms with Crippen LogP contribution in [0.25, 0.3) is 0 Å². The number of aromatic nitrogens is 2. The summed E-state index contributed by atoms with van der Waals surface area (Å²) in [7, 11) is 3.09. The molecule has 0 atom stereocenters. The van der Waals surface area contributed by atoms with Gasteiger partial charge in [-0.15, -0.1) is 0 Å². The second kappa shape index (κ2) is 7.52. The van der Waals surface area contributed by atoms with Crippen LogP contribution in [-0.4, -0.2) is 50.4 Å². The topological polar surface area (TPSA) is 70.7 Å². The molecule has 2 aromatic rings. The lowest BCUT2D eigenvalue weighted by Gasteiger charge is -2.37. The number of hydrogen-bond donors (Lipinski definition) is 1. The van der Waals surface area contributed by atoms with Crippen molar-refractivity contribution in [2.24, 2.45) is 0 Å². The highest BCUT2D eigenvalue weighted by Crippen LogP contribution is 2.30. The van der Waals surface area contributed by atoms with Crippen LogP contribution in [-0.2, 0) is 11.3 Å². The maximum absolute atomic E-state index is 13.4. The molecule has 25 heavy (non-hydrogen) atoms. The van der Waals surface area contributed by atoms with E-state index in [0.717, 1.165) is 18.8 Å². The van der Waals surface area contributed by atoms with Gasteiger partial charge in [0.1, 0.15) is 29.8 Å². The fraction of sp³-hybridized carbons (Fsp3) is 0.412. The summed E-state index contributed by atoms with van der Waals surface area (Å²) in [6, 6.07) is 6.04. The molecule has 0 bridgehead atoms. The Bertz CT molecular complexity index is 788. The summed E-state index contributed by atoms with van der Waals surface area (Å²) >= 11 is 0. The Hall–Kier alpha value is -2.61. The molecule has 134 valence electrons. The molecule has 1 aromatic carbocycles. The quantitative estimate of drug-likeness (QED) is 0.881. The van der Waals surface area contributed by atoms with E-state index in [0.29, 0.717) is 30.5 Å². The van der Waals surface area contributed by atoms with Crippen LogP contribution >= 0.6 is 0 Å². The predicted molar refractivity (Wildman–Crippen MR) is 92.9 cm³/mol. The number of benzene rings is 1. The first-order chi connectivity index (χ1) is 12.1. The molecule has 3 rings (SSSR count). The van der Waals surface area contributed by atoms with Crippen LogP contribution in [0.15, 0.2) is 29.1 Å². The van der Waals surface area contributed by atoms with E-state index in [2.05, 4.69) is 19.8 Å². The van der Waals surface area contributed by atoms with E-state index in [4.69, 9.17) is 9.47 Å². The minimum Gasteiger partial charge on any atom is -0.494 e. The average molecular weight is 348 g/mol. The second-order valence-corrected chi connectivity index (χ2v) is 5.77. The van der Waals surface area contributed by atoms with E-state index in [-0.39, 0.29) is 18.0 Å². The number of anilines is 2. The first-order valence-corrected chi connectivity index (χ1v) is 8.03. The maximum atomic E-state index is 13.4. The Labute approximate surface area is 145 Å². The van der Waals surface area contributed by atoms with Crippen LogP contribution in [0.3, 0.4) is 0 Å². The number of H-pyrrole nitrogens is 1. The van der Waals surface area contributed by atoms with Crippen molar-refractivity contribution in [1.82, 2.24) is 9.97 Å². The van der Waals surface area contributed by atoms with Gasteiger partial charge < -0.3 is 24.3 Å². The van der Waals surface area contributed by atoms with Gasteiger partial charge in [-0.25, -0.2) is 9.37 Å². The molecule has 1 fully saturated rings. The van der Waals surface area contributed by atoms with E-state index in [1.807, 2.05) is 0 Å². The summed E-state index contributed by atoms with van der Waals surface area (Å²) in [5, 5.41) is 0. The van der Waals surface area contributed by atoms with Gasteiger partial charge in [-0.05, 0) is 12.1 Å². The van der Waals surface area contributed by atoms with Gasteiger partial charge in [0.25, 0.3) is 5.56 Å². The summed E-state index contributed by atoms with van der Waals surface area (Å²) in [6.45, 7) is 3.09. The largest absolute Gasteiger partial charge is 0.494 e. The first-order valence-electron chi connectivity index (χ1n) is 8.03. The lowest BCUT2D eigenvalue weighted by Crippen LogP contribution is -2.47. The van der Waals surface area contributed by atoms with Crippen molar-refractivity contribution in [3.63, 3.8) is 0 Å². The number of nitrogens with zero attached hydrogens (tertiary/aromatic N) is 3. The van der Waals surface area contributed by atoms with Gasteiger partial charge in [0.2, 0.25) is 0 Å². The Morgan fingerprint density at radius 2 is 1.88 bits per heavy atom. The van der Waals surface area contributed by atoms with E-state index in [1.54, 1.807) is 13.2 Å². The molecule has 1 aliphatic rings. The number of nitrogens with one attached hydrogen (secondary N) is 1. The van der Waals surface area contributed by atoms with Crippen LogP contribution < -0.4 is 20.1 Å². The number of rotatable bonds is 5. The number of ether oxygens (including phenoxy) is 2. The Morgan fingerprint density at radius 1 is 1.16 bits per heavy atom. The fourth-order valence-electron chi connectivity index (χ4n) is 2.95. The van der Waals surface area contributed by atoms with E-state index < -0.39 is 0 Å². The molecule has 0 saturated carbocycles. The minimum absolute atomic E-state index is 0.195. The average Bonchev–Trinajstić information content (AvgIpc) is 2.61. The lowest BCUT2D eigenvalue weighted by atomic mass is 10.2. The summed E-state index contributed by atoms with van der Waals surface area (Å²) in [5.74, 6) is 1.34. The first kappa shape index (κ1) is 17.2. The van der Waals surface area contributed by atoms with Crippen molar-refractivity contribution in [3.05, 3.63) is 46.3 Å². The molecule has 7 nitrogen and oxygen atoms in total. The third-order valence-electron chi connectivity index (χ3n) is 4.14. The second-order valence-electron chi connectivity index (χ2n) is 5.77. The van der Waals surface area contributed by atoms with Crippen molar-refractivity contribution in [1.29, 1.82) is 0 Å². The standard InChI is InChI=1S/C17H21FN4O3/c1-24-11-15-19-16(10-17(23)20-15)22-7-5-21(6-8-22)13-4-3-12(18)9-14(13)25-2/h3-4,9-10H,5-8,11H2,1-2H3,(H,19,20,23). The van der Waals surface area contributed by atoms with E-state index in [9.17, 15) is 9.18 Å². The van der Waals surface area contributed by atoms with Crippen molar-refractivity contribution in [2.45, 2.75) is 6.61 Å². The smallest absolute Gasteiger partial charge is 0.253 e. The summed E-state index contributed by atoms with van der Waals surface area (Å²) in [5.41, 5.74) is 0.669. The molecule has 1 aromatic heterocycles. The molecule has 0 aliphatic carbocycles. The van der Waals surface area contributed by atoms with Crippen LogP contribution in [0.1, 0.15) is 5.82 Å². The normalized spacial score (nSPS) is 14.7. The van der Waals surface area contributed by atoms with Gasteiger partial charge in [-0.2, -0.15) is 0 Å². The monoisotopic (exact) mass is 348 g/mol. The van der Waals surface area contributed by atoms with E-state index >= 15 is 0 Å². The maximum Gasteiger partial charge on any atom is 0.253 e. The third kappa shape index (κ3) is 3.90. The van der Waals surface area contributed by atoms with Gasteiger partial charge in [0.15, 0.2) is 0 Å². The van der Waals surface area contributed by atoms with Crippen molar-refractivity contribution in [3.8, 4) is 5.75 Å². The van der Waals surface area contributed by atoms with Crippen LogP contribution in [0, 0.1) is 5.82 Å². The predicted octanol–water partition coefficient (Wildman–Crippen LogP) is 1.39. The molecule has 2 heterocycles. The minimum atomic E-state index is -0.322. The Balaban J connectivity index is 1.73. The SMILES string of the molecule is COCc1nc(N2CCN(c3ccc(F)cc3OC)CC2)cc(=O)[nH]1. The molecular weight excluding hydrogens is 327 g/mol. The van der Waals surface area contributed by atoms with E-state index in [1.165, 1.54) is 25.3 Å². The summed E-state index contributed by atoms with van der Waals surface area (Å²) < 4.78 is 23.7. The number of aromatic amines is 1. The number of halogens is 1. The van der Waals surface area contributed by atoms with Crippen LogP contribution in [0.4, 0.5) is 15.9 Å². The number of piperazine rings is 1. The molecule has 0 unspecified atom stereocenters. The van der Waals surface area contributed by atoms with Crippen molar-refractivity contribution in [2.75, 3.05) is 50.2 Å². The molecule has 0 radical (unpaired) electrons. The molecule has 1 N–H and O–H groups in total. The summed E-state index contributed by atoms with van der Waals surface area (Å²) in [6.07, 6.45) is 0. The zero-order valence-electron chi connectivity index (χ0n) is 14.3. The summed E-state index contributed by atoms with van der Waals surface area (Å²) in [4.78, 5) is 23.1. The molecule has 0 amide bonds. The fourth-order valence-corrected chi connectivity index (χ4v) is 2.95. The highest BCUT2D eigenvalue weighted by atomic mass is 19.1. The van der Waals surface area contributed by atoms with Gasteiger partial charge in [-0.1, -0.05) is 0 Å². The zero-order chi connectivity index (χ0) is 17.8. The van der Waals surface area contributed by atoms with Gasteiger partial charge in [-0.3, -0.25) is 4.79 Å². The molecule has 1 aliphatic heterocycles. The number of methoxy groups -OCH3 is 2. The van der Waals surface area contributed by atoms with Crippen molar-refractivity contribution < 1.29 is 13.9 Å². The van der Waals surface area contributed by atoms with Crippen molar-refractivity contribution >= 4 is 11.5 Å². The highest BCUT2D eigenvalue weighted by Gasteiger charge is 2.21. The zero-order valence-corrected chi connectivity index (χ0v) is 14.3. The molecule has 8 heteroatoms. The van der Waals surface area contributed by atoms with Gasteiger partial charge >= 0.3 is 0 Å². The van der Waals surface area contributed by atoms with Gasteiger partial charge in [0.05, 0.1) is 12.8 Å². The van der Waals surface area contributed by atoms with Crippen LogP contribution in [0.5, 0.6) is 5.75 Å². The molecule has 0 spiro atoms. The van der Waals surface area contributed by atoms with Gasteiger partial charge in [0, 0.05) is 45.4 Å².